The highest BCUT2D eigenvalue weighted by Crippen LogP contribution is 2.32. The van der Waals surface area contributed by atoms with E-state index < -0.39 is 0 Å². The standard InChI is InChI=1S/C11H15Cl2N3/c1-16(6-7-3-2-4-7)11-9(13)5-8(12)10(14)15-11/h5,7H,2-4,6H2,1H3,(H2,14,15). The average molecular weight is 260 g/mol. The Kier molecular flexibility index (Phi) is 3.45. The molecule has 0 atom stereocenters. The topological polar surface area (TPSA) is 42.2 Å². The monoisotopic (exact) mass is 259 g/mol. The van der Waals surface area contributed by atoms with E-state index in [1.165, 1.54) is 19.3 Å². The van der Waals surface area contributed by atoms with Gasteiger partial charge in [-0.2, -0.15) is 0 Å². The van der Waals surface area contributed by atoms with Crippen molar-refractivity contribution in [3.8, 4) is 0 Å². The summed E-state index contributed by atoms with van der Waals surface area (Å²) in [5.41, 5.74) is 5.68. The van der Waals surface area contributed by atoms with Crippen molar-refractivity contribution in [1.82, 2.24) is 4.98 Å². The Hall–Kier alpha value is -0.670. The fourth-order valence-electron chi connectivity index (χ4n) is 1.89. The lowest BCUT2D eigenvalue weighted by atomic mass is 9.85. The van der Waals surface area contributed by atoms with E-state index in [9.17, 15) is 0 Å². The van der Waals surface area contributed by atoms with Crippen molar-refractivity contribution in [2.45, 2.75) is 19.3 Å². The zero-order valence-electron chi connectivity index (χ0n) is 9.21. The van der Waals surface area contributed by atoms with E-state index >= 15 is 0 Å². The Bertz CT molecular complexity index is 391. The number of rotatable bonds is 3. The summed E-state index contributed by atoms with van der Waals surface area (Å²) < 4.78 is 0. The van der Waals surface area contributed by atoms with Crippen LogP contribution >= 0.6 is 23.2 Å². The second-order valence-electron chi connectivity index (χ2n) is 4.34. The molecule has 2 N–H and O–H groups in total. The highest BCUT2D eigenvalue weighted by Gasteiger charge is 2.21. The maximum absolute atomic E-state index is 6.10. The van der Waals surface area contributed by atoms with Gasteiger partial charge in [-0.25, -0.2) is 4.98 Å². The van der Waals surface area contributed by atoms with Gasteiger partial charge in [0.25, 0.3) is 0 Å². The summed E-state index contributed by atoms with van der Waals surface area (Å²) in [6.07, 6.45) is 3.93. The maximum Gasteiger partial charge on any atom is 0.149 e. The molecule has 1 aliphatic rings. The third-order valence-electron chi connectivity index (χ3n) is 3.06. The Morgan fingerprint density at radius 2 is 2.12 bits per heavy atom. The molecule has 0 bridgehead atoms. The first-order valence-corrected chi connectivity index (χ1v) is 6.16. The summed E-state index contributed by atoms with van der Waals surface area (Å²) in [6.45, 7) is 0.980. The summed E-state index contributed by atoms with van der Waals surface area (Å²) >= 11 is 11.9. The number of halogens is 2. The lowest BCUT2D eigenvalue weighted by Crippen LogP contribution is -2.30. The number of pyridine rings is 1. The fourth-order valence-corrected chi connectivity index (χ4v) is 2.39. The van der Waals surface area contributed by atoms with E-state index in [0.29, 0.717) is 15.9 Å². The molecule has 88 valence electrons. The first-order chi connectivity index (χ1) is 7.58. The van der Waals surface area contributed by atoms with Gasteiger partial charge in [0.2, 0.25) is 0 Å². The number of nitrogen functional groups attached to an aromatic ring is 1. The second kappa shape index (κ2) is 4.68. The Balaban J connectivity index is 2.14. The van der Waals surface area contributed by atoms with E-state index in [1.54, 1.807) is 6.07 Å². The van der Waals surface area contributed by atoms with Crippen LogP contribution in [-0.2, 0) is 0 Å². The molecular weight excluding hydrogens is 245 g/mol. The van der Waals surface area contributed by atoms with Crippen molar-refractivity contribution < 1.29 is 0 Å². The van der Waals surface area contributed by atoms with Crippen molar-refractivity contribution >= 4 is 34.8 Å². The van der Waals surface area contributed by atoms with Gasteiger partial charge in [0.05, 0.1) is 10.0 Å². The first kappa shape index (κ1) is 11.8. The van der Waals surface area contributed by atoms with Gasteiger partial charge in [0.15, 0.2) is 0 Å². The van der Waals surface area contributed by atoms with Gasteiger partial charge >= 0.3 is 0 Å². The van der Waals surface area contributed by atoms with E-state index in [-0.39, 0.29) is 0 Å². The van der Waals surface area contributed by atoms with E-state index in [4.69, 9.17) is 28.9 Å². The Morgan fingerprint density at radius 1 is 1.44 bits per heavy atom. The third kappa shape index (κ3) is 2.36. The molecule has 5 heteroatoms. The predicted molar refractivity (Wildman–Crippen MR) is 69.3 cm³/mol. The highest BCUT2D eigenvalue weighted by atomic mass is 35.5. The molecule has 1 aliphatic carbocycles. The molecule has 0 spiro atoms. The van der Waals surface area contributed by atoms with Crippen LogP contribution in [0.5, 0.6) is 0 Å². The van der Waals surface area contributed by atoms with Crippen molar-refractivity contribution in [3.63, 3.8) is 0 Å². The molecule has 2 rings (SSSR count). The molecule has 0 unspecified atom stereocenters. The summed E-state index contributed by atoms with van der Waals surface area (Å²) in [5.74, 6) is 1.82. The zero-order valence-corrected chi connectivity index (χ0v) is 10.7. The summed E-state index contributed by atoms with van der Waals surface area (Å²) in [4.78, 5) is 6.28. The molecule has 1 heterocycles. The quantitative estimate of drug-likeness (QED) is 0.907. The van der Waals surface area contributed by atoms with Crippen molar-refractivity contribution in [2.24, 2.45) is 5.92 Å². The minimum atomic E-state index is 0.335. The number of aromatic nitrogens is 1. The molecule has 0 saturated heterocycles. The largest absolute Gasteiger partial charge is 0.382 e. The minimum absolute atomic E-state index is 0.335. The molecule has 1 aromatic rings. The van der Waals surface area contributed by atoms with Crippen molar-refractivity contribution in [2.75, 3.05) is 24.2 Å². The molecule has 0 aromatic carbocycles. The fraction of sp³-hybridized carbons (Fsp3) is 0.545. The van der Waals surface area contributed by atoms with E-state index in [1.807, 2.05) is 7.05 Å². The zero-order chi connectivity index (χ0) is 11.7. The molecule has 1 fully saturated rings. The molecule has 3 nitrogen and oxygen atoms in total. The molecule has 1 saturated carbocycles. The van der Waals surface area contributed by atoms with Crippen LogP contribution in [0.1, 0.15) is 19.3 Å². The smallest absolute Gasteiger partial charge is 0.149 e. The minimum Gasteiger partial charge on any atom is -0.382 e. The number of hydrogen-bond acceptors (Lipinski definition) is 3. The van der Waals surface area contributed by atoms with E-state index in [2.05, 4.69) is 9.88 Å². The second-order valence-corrected chi connectivity index (χ2v) is 5.15. The van der Waals surface area contributed by atoms with Gasteiger partial charge in [-0.15, -0.1) is 0 Å². The van der Waals surface area contributed by atoms with Gasteiger partial charge in [0, 0.05) is 13.6 Å². The van der Waals surface area contributed by atoms with Crippen LogP contribution < -0.4 is 10.6 Å². The summed E-state index contributed by atoms with van der Waals surface area (Å²) in [6, 6.07) is 1.65. The van der Waals surface area contributed by atoms with Crippen LogP contribution in [0.3, 0.4) is 0 Å². The van der Waals surface area contributed by atoms with Crippen LogP contribution in [0, 0.1) is 5.92 Å². The maximum atomic E-state index is 6.10. The molecule has 16 heavy (non-hydrogen) atoms. The molecule has 0 aliphatic heterocycles. The van der Waals surface area contributed by atoms with Crippen LogP contribution in [0.25, 0.3) is 0 Å². The van der Waals surface area contributed by atoms with Gasteiger partial charge in [-0.05, 0) is 24.8 Å². The SMILES string of the molecule is CN(CC1CCC1)c1nc(N)c(Cl)cc1Cl. The molecular formula is C11H15Cl2N3. The van der Waals surface area contributed by atoms with Crippen molar-refractivity contribution in [3.05, 3.63) is 16.1 Å². The number of nitrogens with zero attached hydrogens (tertiary/aromatic N) is 2. The summed E-state index contributed by atoms with van der Waals surface area (Å²) in [5, 5.41) is 0.965. The lowest BCUT2D eigenvalue weighted by molar-refractivity contribution is 0.321. The van der Waals surface area contributed by atoms with E-state index in [0.717, 1.165) is 18.3 Å². The highest BCUT2D eigenvalue weighted by molar-refractivity contribution is 6.37. The van der Waals surface area contributed by atoms with Crippen LogP contribution in [-0.4, -0.2) is 18.6 Å². The van der Waals surface area contributed by atoms with Gasteiger partial charge in [0.1, 0.15) is 11.6 Å². The van der Waals surface area contributed by atoms with Crippen LogP contribution in [0.2, 0.25) is 10.0 Å². The molecule has 0 amide bonds. The van der Waals surface area contributed by atoms with Crippen molar-refractivity contribution in [1.29, 1.82) is 0 Å². The summed E-state index contributed by atoms with van der Waals surface area (Å²) in [7, 11) is 1.99. The Labute approximate surface area is 106 Å². The first-order valence-electron chi connectivity index (χ1n) is 5.40. The number of hydrogen-bond donors (Lipinski definition) is 1. The molecule has 0 radical (unpaired) electrons. The van der Waals surface area contributed by atoms with Gasteiger partial charge < -0.3 is 10.6 Å². The average Bonchev–Trinajstić information content (AvgIpc) is 2.17. The lowest BCUT2D eigenvalue weighted by Gasteiger charge is -2.31. The van der Waals surface area contributed by atoms with Gasteiger partial charge in [-0.3, -0.25) is 0 Å². The van der Waals surface area contributed by atoms with Gasteiger partial charge in [-0.1, -0.05) is 29.6 Å². The third-order valence-corrected chi connectivity index (χ3v) is 3.64. The van der Waals surface area contributed by atoms with Crippen LogP contribution in [0.4, 0.5) is 11.6 Å². The number of anilines is 2. The van der Waals surface area contributed by atoms with Crippen LogP contribution in [0.15, 0.2) is 6.07 Å². The number of nitrogens with two attached hydrogens (primary N) is 1. The predicted octanol–water partition coefficient (Wildman–Crippen LogP) is 3.21. The Morgan fingerprint density at radius 3 is 2.69 bits per heavy atom. The normalized spacial score (nSPS) is 15.9. The molecule has 1 aromatic heterocycles.